The van der Waals surface area contributed by atoms with Crippen molar-refractivity contribution in [1.29, 1.82) is 0 Å². The first-order valence-electron chi connectivity index (χ1n) is 24.0. The molecule has 2 aromatic carbocycles. The SMILES string of the molecule is CCNC(=O)Nc1nc2c(-c3ccccn3)cc(-c3ccc(CN(C)C(=O)OCc4ccc(NC(=O)C(CCCNC(N)=O)NC(=O)C(NC(=O)CCCCCN5C(=O)C=CC5=O)C(C)C)cc4)nc3)cc2[nH]1. The Morgan fingerprint density at radius 3 is 2.27 bits per heavy atom. The lowest BCUT2D eigenvalue weighted by atomic mass is 10.0. The largest absolute Gasteiger partial charge is 0.445 e. The molecule has 3 aromatic heterocycles. The summed E-state index contributed by atoms with van der Waals surface area (Å²) in [5, 5.41) is 16.2. The van der Waals surface area contributed by atoms with Gasteiger partial charge in [0.25, 0.3) is 11.8 Å². The van der Waals surface area contributed by atoms with E-state index in [2.05, 4.69) is 51.8 Å². The molecule has 0 saturated heterocycles. The number of rotatable bonds is 24. The Labute approximate surface area is 421 Å². The number of aromatic amines is 1. The number of primary amides is 1. The second-order valence-electron chi connectivity index (χ2n) is 17.6. The monoisotopic (exact) mass is 999 g/mol. The molecule has 0 bridgehead atoms. The zero-order chi connectivity index (χ0) is 52.4. The highest BCUT2D eigenvalue weighted by Crippen LogP contribution is 2.33. The average molecular weight is 1000 g/mol. The van der Waals surface area contributed by atoms with Gasteiger partial charge in [0.05, 0.1) is 29.0 Å². The van der Waals surface area contributed by atoms with E-state index in [9.17, 15) is 38.4 Å². The molecule has 9 N–H and O–H groups in total. The van der Waals surface area contributed by atoms with Crippen LogP contribution in [0.5, 0.6) is 0 Å². The third kappa shape index (κ3) is 15.7. The third-order valence-corrected chi connectivity index (χ3v) is 11.6. The molecule has 0 saturated carbocycles. The molecule has 1 aliphatic heterocycles. The number of hydrogen-bond acceptors (Lipinski definition) is 12. The predicted molar refractivity (Wildman–Crippen MR) is 272 cm³/mol. The number of imide groups is 1. The smallest absolute Gasteiger partial charge is 0.410 e. The number of ether oxygens (including phenoxy) is 1. The van der Waals surface area contributed by atoms with Gasteiger partial charge in [-0.3, -0.25) is 44.2 Å². The van der Waals surface area contributed by atoms with Gasteiger partial charge in [-0.05, 0) is 92.1 Å². The summed E-state index contributed by atoms with van der Waals surface area (Å²) < 4.78 is 5.58. The summed E-state index contributed by atoms with van der Waals surface area (Å²) >= 11 is 0. The second kappa shape index (κ2) is 26.0. The van der Waals surface area contributed by atoms with Gasteiger partial charge in [0.2, 0.25) is 23.7 Å². The zero-order valence-electron chi connectivity index (χ0n) is 41.2. The molecule has 0 fully saturated rings. The fraction of sp³-hybridized carbons (Fsp3) is 0.353. The highest BCUT2D eigenvalue weighted by Gasteiger charge is 2.29. The van der Waals surface area contributed by atoms with Crippen LogP contribution >= 0.6 is 0 Å². The summed E-state index contributed by atoms with van der Waals surface area (Å²) in [6.45, 7) is 6.31. The van der Waals surface area contributed by atoms with E-state index < -0.39 is 36.0 Å². The number of carbonyl (C=O) groups is 8. The lowest BCUT2D eigenvalue weighted by Gasteiger charge is -2.25. The van der Waals surface area contributed by atoms with E-state index in [4.69, 9.17) is 10.5 Å². The maximum Gasteiger partial charge on any atom is 0.410 e. The summed E-state index contributed by atoms with van der Waals surface area (Å²) in [6, 6.07) is 16.7. The summed E-state index contributed by atoms with van der Waals surface area (Å²) in [6.07, 6.45) is 7.39. The van der Waals surface area contributed by atoms with Crippen LogP contribution in [0.1, 0.15) is 70.6 Å². The van der Waals surface area contributed by atoms with E-state index in [-0.39, 0.29) is 74.7 Å². The van der Waals surface area contributed by atoms with Crippen LogP contribution in [0.25, 0.3) is 33.4 Å². The number of amides is 10. The van der Waals surface area contributed by atoms with Crippen molar-refractivity contribution in [2.75, 3.05) is 37.3 Å². The number of nitrogens with zero attached hydrogens (tertiary/aromatic N) is 5. The first kappa shape index (κ1) is 53.7. The van der Waals surface area contributed by atoms with Gasteiger partial charge in [0.15, 0.2) is 0 Å². The van der Waals surface area contributed by atoms with Crippen molar-refractivity contribution in [2.45, 2.75) is 84.5 Å². The van der Waals surface area contributed by atoms with Gasteiger partial charge in [0, 0.05) is 74.5 Å². The van der Waals surface area contributed by atoms with Crippen LogP contribution in [0, 0.1) is 5.92 Å². The van der Waals surface area contributed by atoms with E-state index in [1.807, 2.05) is 49.4 Å². The van der Waals surface area contributed by atoms with Gasteiger partial charge >= 0.3 is 18.2 Å². The molecule has 73 heavy (non-hydrogen) atoms. The Kier molecular flexibility index (Phi) is 19.1. The maximum atomic E-state index is 13.6. The molecule has 2 unspecified atom stereocenters. The number of benzene rings is 2. The fourth-order valence-electron chi connectivity index (χ4n) is 7.75. The van der Waals surface area contributed by atoms with Crippen LogP contribution in [0.4, 0.5) is 26.0 Å². The fourth-order valence-corrected chi connectivity index (χ4v) is 7.75. The highest BCUT2D eigenvalue weighted by atomic mass is 16.6. The molecule has 0 aliphatic carbocycles. The Hall–Kier alpha value is -8.69. The van der Waals surface area contributed by atoms with Crippen LogP contribution in [0.3, 0.4) is 0 Å². The second-order valence-corrected chi connectivity index (χ2v) is 17.6. The zero-order valence-corrected chi connectivity index (χ0v) is 41.2. The van der Waals surface area contributed by atoms with Crippen molar-refractivity contribution in [3.8, 4) is 22.4 Å². The number of nitrogens with one attached hydrogen (secondary N) is 7. The Bertz CT molecular complexity index is 2780. The van der Waals surface area contributed by atoms with E-state index in [0.29, 0.717) is 65.9 Å². The molecule has 0 radical (unpaired) electrons. The molecule has 22 nitrogen and oxygen atoms in total. The highest BCUT2D eigenvalue weighted by molar-refractivity contribution is 6.12. The molecule has 384 valence electrons. The van der Waals surface area contributed by atoms with Crippen LogP contribution in [-0.2, 0) is 41.9 Å². The number of unbranched alkanes of at least 4 members (excludes halogenated alkanes) is 2. The number of hydrogen-bond donors (Lipinski definition) is 8. The van der Waals surface area contributed by atoms with Crippen molar-refractivity contribution in [3.63, 3.8) is 0 Å². The van der Waals surface area contributed by atoms with Gasteiger partial charge in [0.1, 0.15) is 18.7 Å². The van der Waals surface area contributed by atoms with Gasteiger partial charge in [-0.2, -0.15) is 0 Å². The van der Waals surface area contributed by atoms with E-state index >= 15 is 0 Å². The quantitative estimate of drug-likeness (QED) is 0.0296. The molecular weight excluding hydrogens is 939 g/mol. The molecule has 6 rings (SSSR count). The van der Waals surface area contributed by atoms with Crippen molar-refractivity contribution in [1.82, 2.24) is 51.0 Å². The number of imidazole rings is 1. The number of carbonyl (C=O) groups excluding carboxylic acids is 8. The minimum atomic E-state index is -1.05. The summed E-state index contributed by atoms with van der Waals surface area (Å²) in [7, 11) is 1.60. The Morgan fingerprint density at radius 1 is 0.836 bits per heavy atom. The van der Waals surface area contributed by atoms with E-state index in [1.54, 1.807) is 57.6 Å². The minimum absolute atomic E-state index is 0.0643. The van der Waals surface area contributed by atoms with E-state index in [0.717, 1.165) is 21.6 Å². The molecule has 4 heterocycles. The van der Waals surface area contributed by atoms with Gasteiger partial charge < -0.3 is 46.9 Å². The molecule has 0 spiro atoms. The first-order chi connectivity index (χ1) is 35.1. The lowest BCUT2D eigenvalue weighted by molar-refractivity contribution is -0.137. The van der Waals surface area contributed by atoms with Gasteiger partial charge in [-0.1, -0.05) is 44.5 Å². The normalized spacial score (nSPS) is 12.8. The number of pyridine rings is 2. The summed E-state index contributed by atoms with van der Waals surface area (Å²) in [4.78, 5) is 120. The van der Waals surface area contributed by atoms with Crippen molar-refractivity contribution in [3.05, 3.63) is 103 Å². The van der Waals surface area contributed by atoms with Crippen LogP contribution in [0.2, 0.25) is 0 Å². The van der Waals surface area contributed by atoms with Crippen molar-refractivity contribution < 1.29 is 43.1 Å². The number of urea groups is 2. The van der Waals surface area contributed by atoms with Crippen LogP contribution in [-0.4, -0.2) is 116 Å². The number of anilines is 2. The van der Waals surface area contributed by atoms with Gasteiger partial charge in [-0.25, -0.2) is 19.4 Å². The minimum Gasteiger partial charge on any atom is -0.445 e. The standard InChI is InChI=1S/C51H61N13O9/c1-5-53-50(71)62-49-59-40-27-34(26-37(45(40)61-49)38-12-8-9-23-54-38)33-17-20-36(56-28-33)29-63(4)51(72)73-30-32-15-18-35(19-16-32)57-46(68)39(13-11-24-55-48(52)70)58-47(69)44(31(2)3)60-41(65)14-7-6-10-25-64-42(66)21-22-43(64)67/h8-9,12,15-23,26-28,31,39,44H,5-7,10-11,13-14,24-25,29-30H2,1-4H3,(H,57,68)(H,58,69)(H,60,65)(H3,52,55,70)(H3,53,59,61,62,71). The predicted octanol–water partition coefficient (Wildman–Crippen LogP) is 5.09. The summed E-state index contributed by atoms with van der Waals surface area (Å²) in [5.74, 6) is -2.23. The molecule has 2 atom stereocenters. The molecule has 5 aromatic rings. The Morgan fingerprint density at radius 2 is 1.60 bits per heavy atom. The molecule has 22 heteroatoms. The van der Waals surface area contributed by atoms with Crippen LogP contribution < -0.4 is 37.6 Å². The first-order valence-corrected chi connectivity index (χ1v) is 24.0. The number of nitrogens with two attached hydrogens (primary N) is 1. The summed E-state index contributed by atoms with van der Waals surface area (Å²) in [5.41, 5.74) is 11.3. The molecule has 1 aliphatic rings. The van der Waals surface area contributed by atoms with Crippen LogP contribution in [0.15, 0.2) is 91.3 Å². The number of aromatic nitrogens is 4. The number of fused-ring (bicyclic) bond motifs is 1. The van der Waals surface area contributed by atoms with Crippen molar-refractivity contribution >= 4 is 70.4 Å². The van der Waals surface area contributed by atoms with Gasteiger partial charge in [-0.15, -0.1) is 0 Å². The van der Waals surface area contributed by atoms with Crippen molar-refractivity contribution in [2.24, 2.45) is 11.7 Å². The molecular formula is C51H61N13O9. The Balaban J connectivity index is 0.997. The average Bonchev–Trinajstić information content (AvgIpc) is 3.93. The lowest BCUT2D eigenvalue weighted by Crippen LogP contribution is -2.54. The van der Waals surface area contributed by atoms with E-state index in [1.165, 1.54) is 17.1 Å². The molecule has 10 amide bonds. The number of H-pyrrole nitrogens is 1. The third-order valence-electron chi connectivity index (χ3n) is 11.6. The topological polar surface area (TPSA) is 305 Å². The maximum absolute atomic E-state index is 13.6.